The van der Waals surface area contributed by atoms with Gasteiger partial charge in [-0.15, -0.1) is 0 Å². The van der Waals surface area contributed by atoms with Gasteiger partial charge in [0, 0.05) is 38.5 Å². The molecule has 0 aliphatic heterocycles. The topological polar surface area (TPSA) is 21.3 Å². The highest BCUT2D eigenvalue weighted by atomic mass is 16.3. The third-order valence-corrected chi connectivity index (χ3v) is 10.7. The summed E-state index contributed by atoms with van der Waals surface area (Å²) in [6.45, 7) is 0. The minimum Gasteiger partial charge on any atom is -0.455 e. The maximum Gasteiger partial charge on any atom is 0.143 e. The van der Waals surface area contributed by atoms with Crippen LogP contribution >= 0.6 is 0 Å². The van der Waals surface area contributed by atoms with Crippen LogP contribution in [-0.2, 0) is 0 Å². The number of fused-ring (bicyclic) bond motifs is 8. The third kappa shape index (κ3) is 5.05. The first-order valence-corrected chi connectivity index (χ1v) is 18.4. The zero-order chi connectivity index (χ0) is 39.8. The molecule has 2 aromatic heterocycles. The van der Waals surface area contributed by atoms with Crippen molar-refractivity contribution in [1.82, 2.24) is 4.57 Å². The van der Waals surface area contributed by atoms with Gasteiger partial charge in [0.25, 0.3) is 0 Å². The Morgan fingerprint density at radius 2 is 1.09 bits per heavy atom. The molecule has 0 aliphatic carbocycles. The van der Waals surface area contributed by atoms with Gasteiger partial charge in [-0.3, -0.25) is 0 Å². The molecule has 0 spiro atoms. The molecule has 11 aromatic rings. The maximum atomic E-state index is 9.55. The van der Waals surface area contributed by atoms with Gasteiger partial charge in [0.2, 0.25) is 0 Å². The van der Waals surface area contributed by atoms with Crippen molar-refractivity contribution in [3.8, 4) is 27.9 Å². The number of hydrogen-bond donors (Lipinski definition) is 0. The Kier molecular flexibility index (Phi) is 6.27. The summed E-state index contributed by atoms with van der Waals surface area (Å²) >= 11 is 0. The molecular weight excluding hydrogens is 669 g/mol. The van der Waals surface area contributed by atoms with Gasteiger partial charge in [-0.25, -0.2) is 0 Å². The van der Waals surface area contributed by atoms with E-state index in [-0.39, 0.29) is 35.4 Å². The van der Waals surface area contributed by atoms with Gasteiger partial charge >= 0.3 is 0 Å². The lowest BCUT2D eigenvalue weighted by Gasteiger charge is -2.27. The Hall–Kier alpha value is -7.36. The van der Waals surface area contributed by atoms with E-state index in [9.17, 15) is 5.48 Å². The number of rotatable bonds is 6. The Labute approximate surface area is 324 Å². The number of anilines is 3. The Bertz CT molecular complexity index is 3360. The normalized spacial score (nSPS) is 12.7. The predicted octanol–water partition coefficient (Wildman–Crippen LogP) is 14.6. The molecule has 0 radical (unpaired) electrons. The fourth-order valence-electron chi connectivity index (χ4n) is 8.16. The van der Waals surface area contributed by atoms with E-state index in [1.807, 2.05) is 77.7 Å². The lowest BCUT2D eigenvalue weighted by atomic mass is 10.0. The van der Waals surface area contributed by atoms with Crippen molar-refractivity contribution in [3.63, 3.8) is 0 Å². The van der Waals surface area contributed by atoms with E-state index < -0.39 is 0 Å². The number of hydrogen-bond acceptors (Lipinski definition) is 2. The molecule has 0 amide bonds. The van der Waals surface area contributed by atoms with Gasteiger partial charge in [-0.05, 0) is 82.7 Å². The third-order valence-electron chi connectivity index (χ3n) is 10.7. The highest BCUT2D eigenvalue weighted by Crippen LogP contribution is 2.45. The minimum atomic E-state index is -0.138. The summed E-state index contributed by atoms with van der Waals surface area (Å²) in [5, 5.41) is 6.14. The summed E-state index contributed by atoms with van der Waals surface area (Å²) in [7, 11) is 0. The molecule has 3 nitrogen and oxygen atoms in total. The Morgan fingerprint density at radius 3 is 1.85 bits per heavy atom. The van der Waals surface area contributed by atoms with Crippen LogP contribution in [0.25, 0.3) is 82.5 Å². The molecule has 55 heavy (non-hydrogen) atoms. The van der Waals surface area contributed by atoms with Gasteiger partial charge in [0.15, 0.2) is 0 Å². The van der Waals surface area contributed by atoms with Crippen LogP contribution in [0, 0.1) is 0 Å². The Balaban J connectivity index is 1.14. The first-order chi connectivity index (χ1) is 29.0. The summed E-state index contributed by atoms with van der Waals surface area (Å²) in [5.74, 6) is 0. The average Bonchev–Trinajstić information content (AvgIpc) is 3.84. The van der Waals surface area contributed by atoms with Crippen LogP contribution in [0.15, 0.2) is 211 Å². The summed E-state index contributed by atoms with van der Waals surface area (Å²) in [6, 6.07) is 60.4. The minimum absolute atomic E-state index is 0.107. The summed E-state index contributed by atoms with van der Waals surface area (Å²) < 4.78 is 46.6. The largest absolute Gasteiger partial charge is 0.455 e. The zero-order valence-electron chi connectivity index (χ0n) is 33.6. The predicted molar refractivity (Wildman–Crippen MR) is 231 cm³/mol. The highest BCUT2D eigenvalue weighted by Gasteiger charge is 2.21. The van der Waals surface area contributed by atoms with Crippen LogP contribution < -0.4 is 4.90 Å². The lowest BCUT2D eigenvalue weighted by Crippen LogP contribution is -2.10. The van der Waals surface area contributed by atoms with E-state index >= 15 is 0 Å². The molecule has 0 saturated carbocycles. The SMILES string of the molecule is [2H]c1c([2H])c(N(c2ccc(-c3ccccc3-n3c4ccccc4c4ccccc43)cc2)c2cccc3oc4c5ccccc5ccc4c23)c([2H])c([2H])c1-c1ccccc1. The van der Waals surface area contributed by atoms with E-state index in [1.54, 1.807) is 0 Å². The second-order valence-electron chi connectivity index (χ2n) is 13.8. The highest BCUT2D eigenvalue weighted by molar-refractivity contribution is 6.19. The molecule has 0 fully saturated rings. The summed E-state index contributed by atoms with van der Waals surface area (Å²) in [5.41, 5.74) is 9.15. The van der Waals surface area contributed by atoms with Gasteiger partial charge in [-0.2, -0.15) is 0 Å². The first-order valence-electron chi connectivity index (χ1n) is 20.4. The second kappa shape index (κ2) is 12.6. The van der Waals surface area contributed by atoms with Crippen molar-refractivity contribution in [1.29, 1.82) is 0 Å². The summed E-state index contributed by atoms with van der Waals surface area (Å²) in [4.78, 5) is 1.87. The standard InChI is InChI=1S/C52H34N2O/c1-2-13-35(14-3-1)36-25-30-39(31-26-36)53(49-23-12-24-50-51(49)45-34-29-37-15-4-5-17-42(37)52(45)55-50)40-32-27-38(28-33-40)41-16-6-9-20-46(41)54-47-21-10-7-18-43(47)44-19-8-11-22-48(44)54/h1-34H/i25D,26D,30D,31D. The van der Waals surface area contributed by atoms with Crippen LogP contribution in [0.5, 0.6) is 0 Å². The lowest BCUT2D eigenvalue weighted by molar-refractivity contribution is 0.672. The molecule has 0 N–H and O–H groups in total. The number of aromatic nitrogens is 1. The molecule has 0 bridgehead atoms. The molecular formula is C52H34N2O. The fourth-order valence-corrected chi connectivity index (χ4v) is 8.16. The van der Waals surface area contributed by atoms with Crippen LogP contribution in [0.4, 0.5) is 17.1 Å². The number of para-hydroxylation sites is 3. The molecule has 0 aliphatic rings. The van der Waals surface area contributed by atoms with Gasteiger partial charge in [0.05, 0.1) is 33.3 Å². The monoisotopic (exact) mass is 706 g/mol. The van der Waals surface area contributed by atoms with Gasteiger partial charge in [0.1, 0.15) is 11.2 Å². The fraction of sp³-hybridized carbons (Fsp3) is 0. The van der Waals surface area contributed by atoms with Crippen molar-refractivity contribution < 1.29 is 9.90 Å². The smallest absolute Gasteiger partial charge is 0.143 e. The molecule has 9 aromatic carbocycles. The van der Waals surface area contributed by atoms with Crippen molar-refractivity contribution >= 4 is 71.6 Å². The molecule has 0 unspecified atom stereocenters. The van der Waals surface area contributed by atoms with Gasteiger partial charge in [-0.1, -0.05) is 146 Å². The van der Waals surface area contributed by atoms with E-state index in [2.05, 4.69) is 114 Å². The second-order valence-corrected chi connectivity index (χ2v) is 13.8. The van der Waals surface area contributed by atoms with Crippen LogP contribution in [0.3, 0.4) is 0 Å². The first kappa shape index (κ1) is 27.3. The van der Waals surface area contributed by atoms with Crippen molar-refractivity contribution in [2.24, 2.45) is 0 Å². The van der Waals surface area contributed by atoms with Crippen molar-refractivity contribution in [2.75, 3.05) is 4.90 Å². The molecule has 0 atom stereocenters. The maximum absolute atomic E-state index is 9.55. The van der Waals surface area contributed by atoms with Crippen LogP contribution in [-0.4, -0.2) is 4.57 Å². The van der Waals surface area contributed by atoms with Crippen LogP contribution in [0.2, 0.25) is 0 Å². The zero-order valence-corrected chi connectivity index (χ0v) is 29.6. The number of furan rings is 1. The summed E-state index contributed by atoms with van der Waals surface area (Å²) in [6.07, 6.45) is 0. The van der Waals surface area contributed by atoms with Crippen molar-refractivity contribution in [2.45, 2.75) is 0 Å². The number of nitrogens with zero attached hydrogens (tertiary/aromatic N) is 2. The van der Waals surface area contributed by atoms with E-state index in [1.165, 1.54) is 10.8 Å². The molecule has 3 heteroatoms. The van der Waals surface area contributed by atoms with Crippen LogP contribution in [0.1, 0.15) is 5.48 Å². The Morgan fingerprint density at radius 1 is 0.436 bits per heavy atom. The molecule has 2 heterocycles. The van der Waals surface area contributed by atoms with Crippen molar-refractivity contribution in [3.05, 3.63) is 206 Å². The van der Waals surface area contributed by atoms with E-state index in [0.29, 0.717) is 22.5 Å². The van der Waals surface area contributed by atoms with Gasteiger partial charge < -0.3 is 13.9 Å². The van der Waals surface area contributed by atoms with E-state index in [4.69, 9.17) is 4.42 Å². The molecule has 11 rings (SSSR count). The quantitative estimate of drug-likeness (QED) is 0.172. The molecule has 258 valence electrons. The number of benzene rings is 9. The average molecular weight is 707 g/mol. The molecule has 0 saturated heterocycles. The van der Waals surface area contributed by atoms with E-state index in [0.717, 1.165) is 55.0 Å².